The van der Waals surface area contributed by atoms with Gasteiger partial charge in [0.15, 0.2) is 0 Å². The van der Waals surface area contributed by atoms with E-state index in [-0.39, 0.29) is 18.1 Å². The Bertz CT molecular complexity index is 1010. The fourth-order valence-corrected chi connectivity index (χ4v) is 4.29. The monoisotopic (exact) mass is 377 g/mol. The Labute approximate surface area is 165 Å². The van der Waals surface area contributed by atoms with Gasteiger partial charge in [0, 0.05) is 19.6 Å². The second kappa shape index (κ2) is 8.05. The Morgan fingerprint density at radius 1 is 0.929 bits per heavy atom. The third kappa shape index (κ3) is 3.49. The first-order valence-electron chi connectivity index (χ1n) is 10.2. The summed E-state index contributed by atoms with van der Waals surface area (Å²) in [5.41, 5.74) is 3.02. The fraction of sp³-hybridized carbons (Fsp3) is 0.391. The number of piperidine rings is 1. The number of likely N-dealkylation sites (tertiary alicyclic amines) is 1. The van der Waals surface area contributed by atoms with E-state index in [9.17, 15) is 9.59 Å². The van der Waals surface area contributed by atoms with E-state index in [2.05, 4.69) is 31.2 Å². The van der Waals surface area contributed by atoms with Gasteiger partial charge in [-0.3, -0.25) is 13.9 Å². The third-order valence-electron chi connectivity index (χ3n) is 5.78. The van der Waals surface area contributed by atoms with Crippen LogP contribution in [0.4, 0.5) is 0 Å². The van der Waals surface area contributed by atoms with Gasteiger partial charge in [-0.15, -0.1) is 0 Å². The highest BCUT2D eigenvalue weighted by Crippen LogP contribution is 2.28. The van der Waals surface area contributed by atoms with E-state index in [1.54, 1.807) is 9.13 Å². The summed E-state index contributed by atoms with van der Waals surface area (Å²) in [6.07, 6.45) is 2.83. The minimum Gasteiger partial charge on any atom is -0.341 e. The molecule has 5 nitrogen and oxygen atoms in total. The molecule has 0 saturated carbocycles. The number of hydrogen-bond acceptors (Lipinski definition) is 2. The van der Waals surface area contributed by atoms with Crippen molar-refractivity contribution in [2.45, 2.75) is 45.2 Å². The summed E-state index contributed by atoms with van der Waals surface area (Å²) in [6, 6.07) is 18.3. The van der Waals surface area contributed by atoms with E-state index in [0.717, 1.165) is 43.4 Å². The Hall–Kier alpha value is -2.82. The Morgan fingerprint density at radius 3 is 2.18 bits per heavy atom. The van der Waals surface area contributed by atoms with Gasteiger partial charge in [0.25, 0.3) is 0 Å². The molecule has 0 unspecified atom stereocenters. The third-order valence-corrected chi connectivity index (χ3v) is 5.78. The van der Waals surface area contributed by atoms with Crippen LogP contribution in [-0.2, 0) is 17.9 Å². The minimum absolute atomic E-state index is 0.0352. The summed E-state index contributed by atoms with van der Waals surface area (Å²) in [5.74, 6) is 0.549. The lowest BCUT2D eigenvalue weighted by atomic mass is 9.89. The average molecular weight is 377 g/mol. The molecular formula is C23H27N3O2. The highest BCUT2D eigenvalue weighted by Gasteiger charge is 2.25. The first-order chi connectivity index (χ1) is 13.7. The number of fused-ring (bicyclic) bond motifs is 1. The second-order valence-electron chi connectivity index (χ2n) is 7.57. The molecule has 146 valence electrons. The van der Waals surface area contributed by atoms with Crippen LogP contribution in [0.2, 0.25) is 0 Å². The predicted octanol–water partition coefficient (Wildman–Crippen LogP) is 3.62. The van der Waals surface area contributed by atoms with Crippen molar-refractivity contribution in [2.75, 3.05) is 13.1 Å². The Morgan fingerprint density at radius 2 is 1.54 bits per heavy atom. The van der Waals surface area contributed by atoms with Gasteiger partial charge < -0.3 is 4.90 Å². The van der Waals surface area contributed by atoms with Gasteiger partial charge in [0.05, 0.1) is 11.0 Å². The van der Waals surface area contributed by atoms with Crippen molar-refractivity contribution in [1.29, 1.82) is 0 Å². The maximum Gasteiger partial charge on any atom is 0.329 e. The zero-order valence-electron chi connectivity index (χ0n) is 16.4. The van der Waals surface area contributed by atoms with E-state index in [1.807, 2.05) is 35.2 Å². The summed E-state index contributed by atoms with van der Waals surface area (Å²) in [6.45, 7) is 4.34. The molecule has 0 atom stereocenters. The van der Waals surface area contributed by atoms with Crippen LogP contribution in [0.5, 0.6) is 0 Å². The maximum absolute atomic E-state index is 12.9. The summed E-state index contributed by atoms with van der Waals surface area (Å²) in [5, 5.41) is 0. The molecule has 2 heterocycles. The molecule has 28 heavy (non-hydrogen) atoms. The number of rotatable bonds is 5. The van der Waals surface area contributed by atoms with Gasteiger partial charge in [-0.05, 0) is 42.9 Å². The van der Waals surface area contributed by atoms with Gasteiger partial charge in [0.2, 0.25) is 5.91 Å². The van der Waals surface area contributed by atoms with Crippen molar-refractivity contribution < 1.29 is 4.79 Å². The van der Waals surface area contributed by atoms with Crippen LogP contribution in [0.25, 0.3) is 11.0 Å². The van der Waals surface area contributed by atoms with Crippen LogP contribution >= 0.6 is 0 Å². The van der Waals surface area contributed by atoms with Crippen molar-refractivity contribution in [2.24, 2.45) is 0 Å². The van der Waals surface area contributed by atoms with E-state index in [1.165, 1.54) is 5.56 Å². The van der Waals surface area contributed by atoms with E-state index < -0.39 is 0 Å². The molecule has 0 aliphatic carbocycles. The highest BCUT2D eigenvalue weighted by atomic mass is 16.2. The minimum atomic E-state index is -0.0874. The van der Waals surface area contributed by atoms with Crippen molar-refractivity contribution in [3.63, 3.8) is 0 Å². The number of amides is 1. The Balaban J connectivity index is 1.49. The summed E-state index contributed by atoms with van der Waals surface area (Å²) >= 11 is 0. The Kier molecular flexibility index (Phi) is 5.33. The number of para-hydroxylation sites is 2. The number of carbonyl (C=O) groups excluding carboxylic acids is 1. The zero-order valence-corrected chi connectivity index (χ0v) is 16.4. The van der Waals surface area contributed by atoms with Crippen LogP contribution in [-0.4, -0.2) is 33.0 Å². The molecule has 5 heteroatoms. The van der Waals surface area contributed by atoms with Gasteiger partial charge in [0.1, 0.15) is 6.54 Å². The standard InChI is InChI=1S/C23H27N3O2/c1-2-14-25-20-10-6-7-11-21(20)26(23(25)28)17-22(27)24-15-12-19(13-16-24)18-8-4-3-5-9-18/h3-11,19H,2,12-17H2,1H3. The van der Waals surface area contributed by atoms with Crippen LogP contribution in [0, 0.1) is 0 Å². The molecule has 1 saturated heterocycles. The quantitative estimate of drug-likeness (QED) is 0.682. The smallest absolute Gasteiger partial charge is 0.329 e. The molecule has 0 spiro atoms. The lowest BCUT2D eigenvalue weighted by Crippen LogP contribution is -2.41. The number of hydrogen-bond donors (Lipinski definition) is 0. The van der Waals surface area contributed by atoms with Crippen molar-refractivity contribution in [3.8, 4) is 0 Å². The summed E-state index contributed by atoms with van der Waals surface area (Å²) < 4.78 is 3.42. The highest BCUT2D eigenvalue weighted by molar-refractivity contribution is 5.81. The van der Waals surface area contributed by atoms with E-state index in [4.69, 9.17) is 0 Å². The molecule has 1 aliphatic rings. The molecule has 0 radical (unpaired) electrons. The van der Waals surface area contributed by atoms with Crippen LogP contribution < -0.4 is 5.69 Å². The van der Waals surface area contributed by atoms with Crippen molar-refractivity contribution in [1.82, 2.24) is 14.0 Å². The first kappa shape index (κ1) is 18.5. The van der Waals surface area contributed by atoms with Crippen LogP contribution in [0.1, 0.15) is 37.7 Å². The fourth-order valence-electron chi connectivity index (χ4n) is 4.29. The predicted molar refractivity (Wildman–Crippen MR) is 111 cm³/mol. The van der Waals surface area contributed by atoms with E-state index in [0.29, 0.717) is 12.5 Å². The molecule has 1 amide bonds. The number of carbonyl (C=O) groups is 1. The molecule has 1 aromatic heterocycles. The molecular weight excluding hydrogens is 350 g/mol. The molecule has 1 aliphatic heterocycles. The molecule has 3 aromatic rings. The van der Waals surface area contributed by atoms with Gasteiger partial charge >= 0.3 is 5.69 Å². The van der Waals surface area contributed by atoms with Gasteiger partial charge in [-0.25, -0.2) is 4.79 Å². The topological polar surface area (TPSA) is 47.2 Å². The lowest BCUT2D eigenvalue weighted by molar-refractivity contribution is -0.132. The normalized spacial score (nSPS) is 15.2. The van der Waals surface area contributed by atoms with Gasteiger partial charge in [-0.2, -0.15) is 0 Å². The molecule has 2 aromatic carbocycles. The largest absolute Gasteiger partial charge is 0.341 e. The molecule has 0 N–H and O–H groups in total. The van der Waals surface area contributed by atoms with Crippen LogP contribution in [0.15, 0.2) is 59.4 Å². The van der Waals surface area contributed by atoms with Crippen molar-refractivity contribution in [3.05, 3.63) is 70.6 Å². The number of aryl methyl sites for hydroxylation is 1. The number of imidazole rings is 1. The summed E-state index contributed by atoms with van der Waals surface area (Å²) in [4.78, 5) is 27.7. The SMILES string of the molecule is CCCn1c(=O)n(CC(=O)N2CCC(c3ccccc3)CC2)c2ccccc21. The zero-order chi connectivity index (χ0) is 19.5. The molecule has 1 fully saturated rings. The number of benzene rings is 2. The van der Waals surface area contributed by atoms with Crippen LogP contribution in [0.3, 0.4) is 0 Å². The lowest BCUT2D eigenvalue weighted by Gasteiger charge is -2.32. The maximum atomic E-state index is 12.9. The molecule has 0 bridgehead atoms. The second-order valence-corrected chi connectivity index (χ2v) is 7.57. The summed E-state index contributed by atoms with van der Waals surface area (Å²) in [7, 11) is 0. The number of aromatic nitrogens is 2. The van der Waals surface area contributed by atoms with E-state index >= 15 is 0 Å². The average Bonchev–Trinajstić information content (AvgIpc) is 3.01. The molecule has 4 rings (SSSR count). The number of nitrogens with zero attached hydrogens (tertiary/aromatic N) is 3. The van der Waals surface area contributed by atoms with Gasteiger partial charge in [-0.1, -0.05) is 49.4 Å². The van der Waals surface area contributed by atoms with Crippen molar-refractivity contribution >= 4 is 16.9 Å². The first-order valence-corrected chi connectivity index (χ1v) is 10.2.